The molecule has 3 aliphatic carbocycles. The summed E-state index contributed by atoms with van der Waals surface area (Å²) in [6, 6.07) is 14.4. The first-order valence-electron chi connectivity index (χ1n) is 14.2. The summed E-state index contributed by atoms with van der Waals surface area (Å²) < 4.78 is 6.69. The molecule has 194 valence electrons. The molecule has 1 spiro atoms. The maximum Gasteiger partial charge on any atom is 0.226 e. The number of hydrogen-bond donors (Lipinski definition) is 2. The number of piperidine rings is 1. The van der Waals surface area contributed by atoms with Crippen LogP contribution in [0.1, 0.15) is 55.2 Å². The molecular weight excluding hydrogens is 464 g/mol. The summed E-state index contributed by atoms with van der Waals surface area (Å²) in [7, 11) is 0. The van der Waals surface area contributed by atoms with Gasteiger partial charge in [0.25, 0.3) is 0 Å². The summed E-state index contributed by atoms with van der Waals surface area (Å²) in [5.41, 5.74) is 1.79. The summed E-state index contributed by atoms with van der Waals surface area (Å²) in [4.78, 5) is 18.4. The van der Waals surface area contributed by atoms with Gasteiger partial charge in [0.15, 0.2) is 11.5 Å². The molecule has 2 saturated heterocycles. The SMILES string of the molecule is Cc1ccc(O)c2c1[C@]13CC4[C@@H](N4CC4CC4)[C@]1(O)CC[C@@H](N1CCC(Cc4ccccc4)C1=O)[C@@H]3O2. The Labute approximate surface area is 218 Å². The van der Waals surface area contributed by atoms with Crippen molar-refractivity contribution < 1.29 is 19.7 Å². The van der Waals surface area contributed by atoms with Gasteiger partial charge in [0.1, 0.15) is 6.10 Å². The lowest BCUT2D eigenvalue weighted by molar-refractivity contribution is -0.150. The van der Waals surface area contributed by atoms with Crippen LogP contribution >= 0.6 is 0 Å². The minimum atomic E-state index is -0.899. The van der Waals surface area contributed by atoms with Gasteiger partial charge >= 0.3 is 0 Å². The largest absolute Gasteiger partial charge is 0.504 e. The number of carbonyl (C=O) groups is 1. The van der Waals surface area contributed by atoms with E-state index in [4.69, 9.17) is 4.74 Å². The highest BCUT2D eigenvalue weighted by Crippen LogP contribution is 2.70. The van der Waals surface area contributed by atoms with Crippen molar-refractivity contribution in [2.24, 2.45) is 11.8 Å². The number of ether oxygens (including phenoxy) is 1. The molecule has 3 unspecified atom stereocenters. The lowest BCUT2D eigenvalue weighted by Crippen LogP contribution is -2.68. The van der Waals surface area contributed by atoms with Crippen LogP contribution in [0.2, 0.25) is 0 Å². The van der Waals surface area contributed by atoms with Gasteiger partial charge in [-0.2, -0.15) is 0 Å². The molecule has 0 radical (unpaired) electrons. The Morgan fingerprint density at radius 3 is 2.65 bits per heavy atom. The molecule has 0 aromatic heterocycles. The summed E-state index contributed by atoms with van der Waals surface area (Å²) >= 11 is 0. The number of nitrogens with zero attached hydrogens (tertiary/aromatic N) is 2. The fourth-order valence-corrected chi connectivity index (χ4v) is 8.96. The Kier molecular flexibility index (Phi) is 4.55. The molecule has 6 aliphatic rings. The highest BCUT2D eigenvalue weighted by atomic mass is 16.5. The van der Waals surface area contributed by atoms with Gasteiger partial charge in [-0.05, 0) is 75.0 Å². The van der Waals surface area contributed by atoms with Gasteiger partial charge in [0.05, 0.1) is 23.1 Å². The van der Waals surface area contributed by atoms with E-state index in [2.05, 4.69) is 28.9 Å². The topological polar surface area (TPSA) is 73.0 Å². The van der Waals surface area contributed by atoms with Crippen LogP contribution in [0.5, 0.6) is 11.5 Å². The van der Waals surface area contributed by atoms with Crippen LogP contribution in [0.15, 0.2) is 42.5 Å². The van der Waals surface area contributed by atoms with Crippen LogP contribution < -0.4 is 4.74 Å². The summed E-state index contributed by atoms with van der Waals surface area (Å²) in [6.07, 6.45) is 6.16. The van der Waals surface area contributed by atoms with Crippen molar-refractivity contribution in [1.82, 2.24) is 9.80 Å². The normalized spacial score (nSPS) is 41.1. The number of benzene rings is 2. The first-order valence-corrected chi connectivity index (χ1v) is 14.2. The highest BCUT2D eigenvalue weighted by Gasteiger charge is 2.81. The third-order valence-electron chi connectivity index (χ3n) is 10.8. The van der Waals surface area contributed by atoms with Crippen molar-refractivity contribution in [2.45, 2.75) is 87.1 Å². The van der Waals surface area contributed by atoms with Crippen molar-refractivity contribution in [3.05, 3.63) is 59.2 Å². The van der Waals surface area contributed by atoms with Crippen LogP contribution in [0.25, 0.3) is 0 Å². The highest BCUT2D eigenvalue weighted by molar-refractivity contribution is 5.82. The lowest BCUT2D eigenvalue weighted by atomic mass is 9.57. The van der Waals surface area contributed by atoms with Gasteiger partial charge in [0, 0.05) is 30.6 Å². The average molecular weight is 501 g/mol. The van der Waals surface area contributed by atoms with Crippen molar-refractivity contribution in [1.29, 1.82) is 0 Å². The first-order chi connectivity index (χ1) is 17.9. The Hall–Kier alpha value is -2.57. The van der Waals surface area contributed by atoms with Crippen molar-refractivity contribution in [3.8, 4) is 11.5 Å². The van der Waals surface area contributed by atoms with E-state index in [-0.39, 0.29) is 35.8 Å². The second kappa shape index (κ2) is 7.51. The van der Waals surface area contributed by atoms with Crippen molar-refractivity contribution in [2.75, 3.05) is 13.1 Å². The van der Waals surface area contributed by atoms with Crippen molar-refractivity contribution in [3.63, 3.8) is 0 Å². The Morgan fingerprint density at radius 1 is 1.05 bits per heavy atom. The van der Waals surface area contributed by atoms with Gasteiger partial charge in [0.2, 0.25) is 5.91 Å². The molecule has 3 heterocycles. The molecule has 6 heteroatoms. The molecule has 5 fully saturated rings. The molecular formula is C31H36N2O4. The zero-order valence-corrected chi connectivity index (χ0v) is 21.5. The fourth-order valence-electron chi connectivity index (χ4n) is 8.96. The van der Waals surface area contributed by atoms with E-state index in [1.54, 1.807) is 6.07 Å². The van der Waals surface area contributed by atoms with Gasteiger partial charge < -0.3 is 19.8 Å². The Morgan fingerprint density at radius 2 is 1.86 bits per heavy atom. The number of aliphatic hydroxyl groups is 1. The molecule has 37 heavy (non-hydrogen) atoms. The van der Waals surface area contributed by atoms with Gasteiger partial charge in [-0.25, -0.2) is 0 Å². The molecule has 2 aromatic rings. The average Bonchev–Trinajstić information content (AvgIpc) is 3.74. The second-order valence-corrected chi connectivity index (χ2v) is 12.7. The van der Waals surface area contributed by atoms with E-state index < -0.39 is 11.0 Å². The number of likely N-dealkylation sites (tertiary alicyclic amines) is 2. The lowest BCUT2D eigenvalue weighted by Gasteiger charge is -2.53. The van der Waals surface area contributed by atoms with E-state index in [1.165, 1.54) is 18.4 Å². The summed E-state index contributed by atoms with van der Waals surface area (Å²) in [5.74, 6) is 1.69. The van der Waals surface area contributed by atoms with Gasteiger partial charge in [-0.15, -0.1) is 0 Å². The molecule has 3 saturated carbocycles. The minimum Gasteiger partial charge on any atom is -0.504 e. The smallest absolute Gasteiger partial charge is 0.226 e. The van der Waals surface area contributed by atoms with E-state index in [0.717, 1.165) is 55.8 Å². The number of aryl methyl sites for hydroxylation is 1. The van der Waals surface area contributed by atoms with E-state index in [9.17, 15) is 15.0 Å². The number of aromatic hydroxyl groups is 1. The molecule has 3 aliphatic heterocycles. The molecule has 2 aromatic carbocycles. The predicted octanol–water partition coefficient (Wildman–Crippen LogP) is 3.55. The predicted molar refractivity (Wildman–Crippen MR) is 138 cm³/mol. The minimum absolute atomic E-state index is 0.0101. The molecule has 8 atom stereocenters. The number of amides is 1. The quantitative estimate of drug-likeness (QED) is 0.615. The first kappa shape index (κ1) is 22.4. The van der Waals surface area contributed by atoms with Gasteiger partial charge in [-0.3, -0.25) is 9.69 Å². The Bertz CT molecular complexity index is 1280. The zero-order valence-electron chi connectivity index (χ0n) is 21.5. The molecule has 1 amide bonds. The van der Waals surface area contributed by atoms with Crippen LogP contribution in [0, 0.1) is 18.8 Å². The second-order valence-electron chi connectivity index (χ2n) is 12.7. The van der Waals surface area contributed by atoms with Crippen LogP contribution in [-0.2, 0) is 16.6 Å². The maximum atomic E-state index is 13.8. The zero-order chi connectivity index (χ0) is 25.1. The number of phenols is 1. The van der Waals surface area contributed by atoms with E-state index in [1.807, 2.05) is 24.3 Å². The van der Waals surface area contributed by atoms with Crippen LogP contribution in [0.4, 0.5) is 0 Å². The van der Waals surface area contributed by atoms with E-state index in [0.29, 0.717) is 18.2 Å². The molecule has 0 bridgehead atoms. The Balaban J connectivity index is 1.15. The number of rotatable bonds is 5. The maximum absolute atomic E-state index is 13.8. The number of phenolic OH excluding ortho intramolecular Hbond substituents is 1. The van der Waals surface area contributed by atoms with Crippen LogP contribution in [-0.4, -0.2) is 68.8 Å². The molecule has 2 N–H and O–H groups in total. The third-order valence-corrected chi connectivity index (χ3v) is 10.8. The molecule has 6 nitrogen and oxygen atoms in total. The van der Waals surface area contributed by atoms with E-state index >= 15 is 0 Å². The third kappa shape index (κ3) is 2.92. The van der Waals surface area contributed by atoms with Crippen LogP contribution in [0.3, 0.4) is 0 Å². The number of carbonyl (C=O) groups excluding carboxylic acids is 1. The van der Waals surface area contributed by atoms with Gasteiger partial charge in [-0.1, -0.05) is 36.4 Å². The molecule has 8 rings (SSSR count). The van der Waals surface area contributed by atoms with Crippen molar-refractivity contribution >= 4 is 5.91 Å². The standard InChI is InChI=1S/C31H36N2O4/c1-18-7-10-24(34)26-25(18)30-16-23-27(33(23)17-20-8-9-20)31(30,36)13-11-22(28(30)37-26)32-14-12-21(29(32)35)15-19-5-3-2-4-6-19/h2-7,10,20-23,27-28,34,36H,8-9,11-17H2,1H3/t21?,22-,23?,27-,28+,30+,31-,33?/m1/s1. The monoisotopic (exact) mass is 500 g/mol. The summed E-state index contributed by atoms with van der Waals surface area (Å²) in [6.45, 7) is 3.91. The summed E-state index contributed by atoms with van der Waals surface area (Å²) in [5, 5.41) is 23.5. The number of hydrogen-bond acceptors (Lipinski definition) is 5. The fraction of sp³-hybridized carbons (Fsp3) is 0.581. The number of fused-ring (bicyclic) bond motifs is 3.